The van der Waals surface area contributed by atoms with Gasteiger partial charge in [-0.05, 0) is 18.6 Å². The van der Waals surface area contributed by atoms with Gasteiger partial charge in [-0.25, -0.2) is 0 Å². The zero-order valence-electron chi connectivity index (χ0n) is 9.68. The second kappa shape index (κ2) is 4.78. The Morgan fingerprint density at radius 3 is 2.59 bits per heavy atom. The average molecular weight is 226 g/mol. The Kier molecular flexibility index (Phi) is 3.19. The third-order valence-electron chi connectivity index (χ3n) is 2.47. The molecule has 1 aromatic heterocycles. The van der Waals surface area contributed by atoms with E-state index in [4.69, 9.17) is 5.73 Å². The number of anilines is 1. The summed E-state index contributed by atoms with van der Waals surface area (Å²) in [5.74, 6) is 0.110. The second-order valence-electron chi connectivity index (χ2n) is 4.03. The molecule has 2 rings (SSSR count). The van der Waals surface area contributed by atoms with Gasteiger partial charge in [0.25, 0.3) is 0 Å². The molecule has 0 fully saturated rings. The van der Waals surface area contributed by atoms with Gasteiger partial charge in [-0.2, -0.15) is 0 Å². The van der Waals surface area contributed by atoms with E-state index < -0.39 is 0 Å². The maximum Gasteiger partial charge on any atom is 0.134 e. The summed E-state index contributed by atoms with van der Waals surface area (Å²) in [5.41, 5.74) is 9.17. The number of nitrogens with two attached hydrogens (primary N) is 1. The number of aromatic nitrogens is 1. The topological polar surface area (TPSA) is 56.0 Å². The van der Waals surface area contributed by atoms with Crippen molar-refractivity contribution >= 4 is 11.5 Å². The Bertz CT molecular complexity index is 535. The van der Waals surface area contributed by atoms with Gasteiger partial charge in [0, 0.05) is 18.2 Å². The number of hydrogen-bond acceptors (Lipinski definition) is 3. The largest absolute Gasteiger partial charge is 0.397 e. The number of rotatable bonds is 3. The molecule has 86 valence electrons. The molecule has 0 aliphatic carbocycles. The van der Waals surface area contributed by atoms with Crippen LogP contribution in [0.2, 0.25) is 0 Å². The SMILES string of the molecule is CC(=O)Cc1cnc(-c2ccccc2)c(N)c1. The molecule has 1 aromatic carbocycles. The van der Waals surface area contributed by atoms with Crippen LogP contribution in [0.15, 0.2) is 42.6 Å². The Balaban J connectivity index is 2.35. The summed E-state index contributed by atoms with van der Waals surface area (Å²) in [7, 11) is 0. The van der Waals surface area contributed by atoms with Gasteiger partial charge in [0.1, 0.15) is 5.78 Å². The maximum atomic E-state index is 11.0. The van der Waals surface area contributed by atoms with E-state index in [0.29, 0.717) is 12.1 Å². The fourth-order valence-corrected chi connectivity index (χ4v) is 1.75. The molecule has 2 aromatic rings. The van der Waals surface area contributed by atoms with E-state index in [0.717, 1.165) is 16.8 Å². The van der Waals surface area contributed by atoms with Crippen LogP contribution in [0.3, 0.4) is 0 Å². The van der Waals surface area contributed by atoms with Crippen LogP contribution in [0, 0.1) is 0 Å². The lowest BCUT2D eigenvalue weighted by Gasteiger charge is -2.06. The molecule has 1 heterocycles. The Hall–Kier alpha value is -2.16. The number of carbonyl (C=O) groups is 1. The molecule has 2 N–H and O–H groups in total. The standard InChI is InChI=1S/C14H14N2O/c1-10(17)7-11-8-13(15)14(16-9-11)12-5-3-2-4-6-12/h2-6,8-9H,7,15H2,1H3. The van der Waals surface area contributed by atoms with Crippen LogP contribution in [0.5, 0.6) is 0 Å². The van der Waals surface area contributed by atoms with Gasteiger partial charge in [0.2, 0.25) is 0 Å². The number of hydrogen-bond donors (Lipinski definition) is 1. The van der Waals surface area contributed by atoms with Crippen molar-refractivity contribution < 1.29 is 4.79 Å². The normalized spacial score (nSPS) is 10.2. The minimum atomic E-state index is 0.110. The first-order chi connectivity index (χ1) is 8.16. The smallest absolute Gasteiger partial charge is 0.134 e. The van der Waals surface area contributed by atoms with Crippen LogP contribution in [0.25, 0.3) is 11.3 Å². The molecule has 0 aliphatic heterocycles. The van der Waals surface area contributed by atoms with Crippen molar-refractivity contribution in [3.8, 4) is 11.3 Å². The van der Waals surface area contributed by atoms with Crippen molar-refractivity contribution in [2.45, 2.75) is 13.3 Å². The van der Waals surface area contributed by atoms with Gasteiger partial charge in [0.05, 0.1) is 11.4 Å². The number of pyridine rings is 1. The monoisotopic (exact) mass is 226 g/mol. The van der Waals surface area contributed by atoms with Gasteiger partial charge in [-0.15, -0.1) is 0 Å². The molecule has 0 bridgehead atoms. The summed E-state index contributed by atoms with van der Waals surface area (Å²) in [6, 6.07) is 11.6. The maximum absolute atomic E-state index is 11.0. The minimum Gasteiger partial charge on any atom is -0.397 e. The summed E-state index contributed by atoms with van der Waals surface area (Å²) < 4.78 is 0. The first kappa shape index (κ1) is 11.3. The fourth-order valence-electron chi connectivity index (χ4n) is 1.75. The highest BCUT2D eigenvalue weighted by atomic mass is 16.1. The molecule has 3 nitrogen and oxygen atoms in total. The van der Waals surface area contributed by atoms with Crippen molar-refractivity contribution in [3.63, 3.8) is 0 Å². The Labute approximate surface area is 100 Å². The minimum absolute atomic E-state index is 0.110. The predicted molar refractivity (Wildman–Crippen MR) is 68.5 cm³/mol. The van der Waals surface area contributed by atoms with E-state index in [1.807, 2.05) is 36.4 Å². The summed E-state index contributed by atoms with van der Waals surface area (Å²) in [5, 5.41) is 0. The average Bonchev–Trinajstić information content (AvgIpc) is 2.29. The predicted octanol–water partition coefficient (Wildman–Crippen LogP) is 2.46. The van der Waals surface area contributed by atoms with Crippen molar-refractivity contribution in [2.24, 2.45) is 0 Å². The molecule has 0 amide bonds. The first-order valence-electron chi connectivity index (χ1n) is 5.46. The van der Waals surface area contributed by atoms with Crippen molar-refractivity contribution in [1.29, 1.82) is 0 Å². The van der Waals surface area contributed by atoms with Crippen LogP contribution < -0.4 is 5.73 Å². The van der Waals surface area contributed by atoms with E-state index >= 15 is 0 Å². The molecular weight excluding hydrogens is 212 g/mol. The number of benzene rings is 1. The number of ketones is 1. The molecule has 17 heavy (non-hydrogen) atoms. The fraction of sp³-hybridized carbons (Fsp3) is 0.143. The number of nitrogens with zero attached hydrogens (tertiary/aromatic N) is 1. The molecule has 0 spiro atoms. The molecular formula is C14H14N2O. The lowest BCUT2D eigenvalue weighted by molar-refractivity contribution is -0.116. The van der Waals surface area contributed by atoms with Gasteiger partial charge < -0.3 is 5.73 Å². The van der Waals surface area contributed by atoms with Crippen LogP contribution in [-0.2, 0) is 11.2 Å². The quantitative estimate of drug-likeness (QED) is 0.874. The number of Topliss-reactive ketones (excluding diaryl/α,β-unsaturated/α-hetero) is 1. The summed E-state index contributed by atoms with van der Waals surface area (Å²) >= 11 is 0. The van der Waals surface area contributed by atoms with Gasteiger partial charge >= 0.3 is 0 Å². The van der Waals surface area contributed by atoms with Gasteiger partial charge in [-0.1, -0.05) is 30.3 Å². The lowest BCUT2D eigenvalue weighted by atomic mass is 10.1. The van der Waals surface area contributed by atoms with E-state index in [-0.39, 0.29) is 5.78 Å². The highest BCUT2D eigenvalue weighted by molar-refractivity contribution is 5.79. The molecule has 0 atom stereocenters. The first-order valence-corrected chi connectivity index (χ1v) is 5.46. The summed E-state index contributed by atoms with van der Waals surface area (Å²) in [4.78, 5) is 15.3. The molecule has 3 heteroatoms. The zero-order valence-corrected chi connectivity index (χ0v) is 9.68. The van der Waals surface area contributed by atoms with E-state index in [2.05, 4.69) is 4.98 Å². The van der Waals surface area contributed by atoms with E-state index in [1.165, 1.54) is 0 Å². The summed E-state index contributed by atoms with van der Waals surface area (Å²) in [6.07, 6.45) is 2.09. The number of carbonyl (C=O) groups excluding carboxylic acids is 1. The van der Waals surface area contributed by atoms with Crippen molar-refractivity contribution in [2.75, 3.05) is 5.73 Å². The van der Waals surface area contributed by atoms with E-state index in [1.54, 1.807) is 13.1 Å². The third kappa shape index (κ3) is 2.69. The lowest BCUT2D eigenvalue weighted by Crippen LogP contribution is -2.00. The molecule has 0 aliphatic rings. The number of nitrogen functional groups attached to an aromatic ring is 1. The van der Waals surface area contributed by atoms with Gasteiger partial charge in [-0.3, -0.25) is 9.78 Å². The van der Waals surface area contributed by atoms with E-state index in [9.17, 15) is 4.79 Å². The molecule has 0 saturated carbocycles. The van der Waals surface area contributed by atoms with Crippen molar-refractivity contribution in [1.82, 2.24) is 4.98 Å². The van der Waals surface area contributed by atoms with Crippen LogP contribution in [0.4, 0.5) is 5.69 Å². The van der Waals surface area contributed by atoms with Crippen LogP contribution in [0.1, 0.15) is 12.5 Å². The van der Waals surface area contributed by atoms with Crippen LogP contribution >= 0.6 is 0 Å². The van der Waals surface area contributed by atoms with Crippen molar-refractivity contribution in [3.05, 3.63) is 48.2 Å². The molecule has 0 unspecified atom stereocenters. The highest BCUT2D eigenvalue weighted by Crippen LogP contribution is 2.23. The zero-order chi connectivity index (χ0) is 12.3. The summed E-state index contributed by atoms with van der Waals surface area (Å²) in [6.45, 7) is 1.56. The Morgan fingerprint density at radius 2 is 2.00 bits per heavy atom. The second-order valence-corrected chi connectivity index (χ2v) is 4.03. The van der Waals surface area contributed by atoms with Crippen LogP contribution in [-0.4, -0.2) is 10.8 Å². The third-order valence-corrected chi connectivity index (χ3v) is 2.47. The molecule has 0 saturated heterocycles. The Morgan fingerprint density at radius 1 is 1.29 bits per heavy atom. The highest BCUT2D eigenvalue weighted by Gasteiger charge is 2.06. The van der Waals surface area contributed by atoms with Gasteiger partial charge in [0.15, 0.2) is 0 Å². The molecule has 0 radical (unpaired) electrons.